The van der Waals surface area contributed by atoms with E-state index in [2.05, 4.69) is 42.5 Å². The van der Waals surface area contributed by atoms with Gasteiger partial charge in [-0.15, -0.1) is 10.2 Å². The van der Waals surface area contributed by atoms with Crippen molar-refractivity contribution in [1.82, 2.24) is 20.2 Å². The Labute approximate surface area is 185 Å². The van der Waals surface area contributed by atoms with E-state index in [1.54, 1.807) is 18.5 Å². The first-order valence-electron chi connectivity index (χ1n) is 10.7. The molecule has 1 saturated carbocycles. The van der Waals surface area contributed by atoms with E-state index < -0.39 is 0 Å². The van der Waals surface area contributed by atoms with Crippen LogP contribution < -0.4 is 15.0 Å². The van der Waals surface area contributed by atoms with Gasteiger partial charge in [0.05, 0.1) is 24.8 Å². The highest BCUT2D eigenvalue weighted by molar-refractivity contribution is 6.29. The lowest BCUT2D eigenvalue weighted by Gasteiger charge is -2.31. The van der Waals surface area contributed by atoms with Crippen LogP contribution in [0.1, 0.15) is 25.7 Å². The first-order valence-corrected chi connectivity index (χ1v) is 11.1. The Morgan fingerprint density at radius 2 is 1.81 bits per heavy atom. The van der Waals surface area contributed by atoms with Crippen LogP contribution in [0.5, 0.6) is 5.75 Å². The maximum Gasteiger partial charge on any atom is 0.151 e. The molecule has 1 aliphatic carbocycles. The van der Waals surface area contributed by atoms with Crippen LogP contribution in [-0.2, 0) is 4.74 Å². The molecule has 1 N–H and O–H groups in total. The summed E-state index contributed by atoms with van der Waals surface area (Å²) in [5, 5.41) is 11.8. The van der Waals surface area contributed by atoms with Gasteiger partial charge >= 0.3 is 0 Å². The van der Waals surface area contributed by atoms with Crippen molar-refractivity contribution >= 4 is 34.1 Å². The Bertz CT molecular complexity index is 1020. The molecule has 0 amide bonds. The monoisotopic (exact) mass is 440 g/mol. The second kappa shape index (κ2) is 9.20. The summed E-state index contributed by atoms with van der Waals surface area (Å²) >= 11 is 5.82. The molecule has 0 spiro atoms. The number of hydrogen-bond donors (Lipinski definition) is 1. The molecule has 9 heteroatoms. The molecular weight excluding hydrogens is 416 g/mol. The zero-order valence-corrected chi connectivity index (χ0v) is 18.0. The van der Waals surface area contributed by atoms with Gasteiger partial charge in [-0.1, -0.05) is 11.6 Å². The fourth-order valence-corrected chi connectivity index (χ4v) is 4.33. The second-order valence-electron chi connectivity index (χ2n) is 7.94. The average molecular weight is 441 g/mol. The average Bonchev–Trinajstić information content (AvgIpc) is 2.82. The van der Waals surface area contributed by atoms with E-state index in [4.69, 9.17) is 21.1 Å². The summed E-state index contributed by atoms with van der Waals surface area (Å²) in [5.74, 6) is 1.57. The van der Waals surface area contributed by atoms with E-state index in [1.165, 1.54) is 0 Å². The zero-order chi connectivity index (χ0) is 21.0. The van der Waals surface area contributed by atoms with Crippen LogP contribution >= 0.6 is 11.6 Å². The van der Waals surface area contributed by atoms with Gasteiger partial charge in [0, 0.05) is 43.3 Å². The van der Waals surface area contributed by atoms with Crippen molar-refractivity contribution in [3.63, 3.8) is 0 Å². The summed E-state index contributed by atoms with van der Waals surface area (Å²) in [6.07, 6.45) is 7.52. The molecule has 162 valence electrons. The number of rotatable bonds is 5. The quantitative estimate of drug-likeness (QED) is 0.642. The normalized spacial score (nSPS) is 21.8. The van der Waals surface area contributed by atoms with E-state index >= 15 is 0 Å². The Balaban J connectivity index is 1.27. The van der Waals surface area contributed by atoms with Crippen LogP contribution in [0.3, 0.4) is 0 Å². The van der Waals surface area contributed by atoms with Crippen molar-refractivity contribution in [2.75, 3.05) is 36.5 Å². The lowest BCUT2D eigenvalue weighted by atomic mass is 9.93. The molecule has 0 atom stereocenters. The Hall–Kier alpha value is -2.71. The van der Waals surface area contributed by atoms with Crippen molar-refractivity contribution in [1.29, 1.82) is 0 Å². The van der Waals surface area contributed by atoms with Crippen LogP contribution in [0.2, 0.25) is 5.15 Å². The Morgan fingerprint density at radius 3 is 2.58 bits per heavy atom. The van der Waals surface area contributed by atoms with Gasteiger partial charge in [-0.25, -0.2) is 4.98 Å². The fourth-order valence-electron chi connectivity index (χ4n) is 4.23. The van der Waals surface area contributed by atoms with Gasteiger partial charge in [-0.3, -0.25) is 4.98 Å². The SMILES string of the molecule is Clc1ccc(NC2CCC(Oc3cc(N4CCOCC4)cc4nccnc34)CC2)nn1. The predicted octanol–water partition coefficient (Wildman–Crippen LogP) is 3.71. The molecule has 2 aromatic heterocycles. The van der Waals surface area contributed by atoms with Gasteiger partial charge in [-0.2, -0.15) is 0 Å². The molecule has 2 fully saturated rings. The molecule has 3 heterocycles. The molecule has 3 aromatic rings. The number of halogens is 1. The van der Waals surface area contributed by atoms with E-state index in [0.717, 1.165) is 80.3 Å². The van der Waals surface area contributed by atoms with Crippen LogP contribution in [0.25, 0.3) is 11.0 Å². The lowest BCUT2D eigenvalue weighted by molar-refractivity contribution is 0.122. The standard InChI is InChI=1S/C22H25ClN6O2/c23-20-5-6-21(28-27-20)26-15-1-3-17(4-2-15)31-19-14-16(29-9-11-30-12-10-29)13-18-22(19)25-8-7-24-18/h5-8,13-15,17H,1-4,9-12H2,(H,26,28). The Morgan fingerprint density at radius 1 is 1.00 bits per heavy atom. The number of nitrogens with one attached hydrogen (secondary N) is 1. The fraction of sp³-hybridized carbons (Fsp3) is 0.455. The lowest BCUT2D eigenvalue weighted by Crippen LogP contribution is -2.36. The molecule has 8 nitrogen and oxygen atoms in total. The third-order valence-corrected chi connectivity index (χ3v) is 6.05. The topological polar surface area (TPSA) is 85.3 Å². The van der Waals surface area contributed by atoms with Crippen molar-refractivity contribution in [3.8, 4) is 5.75 Å². The van der Waals surface area contributed by atoms with Crippen molar-refractivity contribution in [2.24, 2.45) is 0 Å². The molecule has 0 bridgehead atoms. The molecule has 0 radical (unpaired) electrons. The highest BCUT2D eigenvalue weighted by Crippen LogP contribution is 2.33. The number of benzene rings is 1. The summed E-state index contributed by atoms with van der Waals surface area (Å²) in [7, 11) is 0. The molecule has 5 rings (SSSR count). The minimum Gasteiger partial charge on any atom is -0.488 e. The third-order valence-electron chi connectivity index (χ3n) is 5.85. The number of anilines is 2. The van der Waals surface area contributed by atoms with E-state index in [1.807, 2.05) is 6.07 Å². The number of aromatic nitrogens is 4. The minimum absolute atomic E-state index is 0.152. The summed E-state index contributed by atoms with van der Waals surface area (Å²) in [6, 6.07) is 8.16. The number of ether oxygens (including phenoxy) is 2. The largest absolute Gasteiger partial charge is 0.488 e. The first-order chi connectivity index (χ1) is 15.2. The molecule has 31 heavy (non-hydrogen) atoms. The Kier molecular flexibility index (Phi) is 5.99. The highest BCUT2D eigenvalue weighted by Gasteiger charge is 2.24. The van der Waals surface area contributed by atoms with Crippen LogP contribution in [0, 0.1) is 0 Å². The molecule has 1 aromatic carbocycles. The van der Waals surface area contributed by atoms with Gasteiger partial charge in [-0.05, 0) is 43.9 Å². The molecular formula is C22H25ClN6O2. The van der Waals surface area contributed by atoms with Crippen molar-refractivity contribution in [2.45, 2.75) is 37.8 Å². The molecule has 1 aliphatic heterocycles. The highest BCUT2D eigenvalue weighted by atomic mass is 35.5. The van der Waals surface area contributed by atoms with Gasteiger partial charge in [0.1, 0.15) is 17.1 Å². The predicted molar refractivity (Wildman–Crippen MR) is 120 cm³/mol. The van der Waals surface area contributed by atoms with Gasteiger partial charge in [0.15, 0.2) is 5.15 Å². The maximum atomic E-state index is 6.48. The van der Waals surface area contributed by atoms with Crippen LogP contribution in [-0.4, -0.2) is 58.6 Å². The molecule has 2 aliphatic rings. The zero-order valence-electron chi connectivity index (χ0n) is 17.2. The van der Waals surface area contributed by atoms with Crippen molar-refractivity contribution < 1.29 is 9.47 Å². The van der Waals surface area contributed by atoms with Gasteiger partial charge < -0.3 is 19.7 Å². The smallest absolute Gasteiger partial charge is 0.151 e. The number of morpholine rings is 1. The first kappa shape index (κ1) is 20.2. The molecule has 1 saturated heterocycles. The van der Waals surface area contributed by atoms with Gasteiger partial charge in [0.25, 0.3) is 0 Å². The number of hydrogen-bond acceptors (Lipinski definition) is 8. The summed E-state index contributed by atoms with van der Waals surface area (Å²) < 4.78 is 12.0. The number of nitrogens with zero attached hydrogens (tertiary/aromatic N) is 5. The maximum absolute atomic E-state index is 6.48. The summed E-state index contributed by atoms with van der Waals surface area (Å²) in [4.78, 5) is 11.4. The van der Waals surface area contributed by atoms with E-state index in [9.17, 15) is 0 Å². The van der Waals surface area contributed by atoms with E-state index in [0.29, 0.717) is 11.2 Å². The third kappa shape index (κ3) is 4.80. The summed E-state index contributed by atoms with van der Waals surface area (Å²) in [5.41, 5.74) is 2.79. The summed E-state index contributed by atoms with van der Waals surface area (Å²) in [6.45, 7) is 3.22. The molecule has 0 unspecified atom stereocenters. The van der Waals surface area contributed by atoms with Gasteiger partial charge in [0.2, 0.25) is 0 Å². The number of fused-ring (bicyclic) bond motifs is 1. The second-order valence-corrected chi connectivity index (χ2v) is 8.33. The van der Waals surface area contributed by atoms with Crippen LogP contribution in [0.4, 0.5) is 11.5 Å². The minimum atomic E-state index is 0.152. The van der Waals surface area contributed by atoms with E-state index in [-0.39, 0.29) is 6.10 Å². The van der Waals surface area contributed by atoms with Crippen molar-refractivity contribution in [3.05, 3.63) is 41.8 Å². The van der Waals surface area contributed by atoms with Crippen LogP contribution in [0.15, 0.2) is 36.7 Å².